The summed E-state index contributed by atoms with van der Waals surface area (Å²) < 4.78 is 4.97. The molecular formula is C23H40O3. The molecule has 4 unspecified atom stereocenters. The molecule has 150 valence electrons. The second-order valence-corrected chi connectivity index (χ2v) is 7.72. The van der Waals surface area contributed by atoms with Crippen LogP contribution >= 0.6 is 0 Å². The summed E-state index contributed by atoms with van der Waals surface area (Å²) >= 11 is 0. The van der Waals surface area contributed by atoms with Crippen molar-refractivity contribution in [2.24, 2.45) is 29.1 Å². The van der Waals surface area contributed by atoms with Crippen molar-refractivity contribution >= 4 is 5.97 Å². The maximum absolute atomic E-state index is 11.6. The Hall–Kier alpha value is -1.09. The zero-order valence-corrected chi connectivity index (χ0v) is 17.8. The van der Waals surface area contributed by atoms with Crippen molar-refractivity contribution in [3.63, 3.8) is 0 Å². The van der Waals surface area contributed by atoms with Gasteiger partial charge in [-0.25, -0.2) is 4.79 Å². The molecule has 3 aliphatic rings. The van der Waals surface area contributed by atoms with Gasteiger partial charge < -0.3 is 9.84 Å². The number of aliphatic hydroxyl groups excluding tert-OH is 1. The average Bonchev–Trinajstić information content (AvgIpc) is 3.09. The van der Waals surface area contributed by atoms with Gasteiger partial charge in [-0.2, -0.15) is 0 Å². The van der Waals surface area contributed by atoms with Crippen molar-refractivity contribution in [1.82, 2.24) is 0 Å². The predicted octanol–water partition coefficient (Wildman–Crippen LogP) is 5.54. The van der Waals surface area contributed by atoms with Gasteiger partial charge in [-0.05, 0) is 60.8 Å². The van der Waals surface area contributed by atoms with Crippen LogP contribution in [0.4, 0.5) is 0 Å². The Kier molecular flexibility index (Phi) is 9.63. The van der Waals surface area contributed by atoms with Crippen LogP contribution in [0.5, 0.6) is 0 Å². The van der Waals surface area contributed by atoms with Crippen LogP contribution in [0.3, 0.4) is 0 Å². The molecule has 3 rings (SSSR count). The predicted molar refractivity (Wildman–Crippen MR) is 109 cm³/mol. The van der Waals surface area contributed by atoms with Gasteiger partial charge in [0.15, 0.2) is 0 Å². The number of carbonyl (C=O) groups excluding carboxylic acids is 1. The van der Waals surface area contributed by atoms with E-state index in [4.69, 9.17) is 4.74 Å². The first kappa shape index (κ1) is 23.0. The van der Waals surface area contributed by atoms with E-state index in [0.29, 0.717) is 42.5 Å². The van der Waals surface area contributed by atoms with Crippen LogP contribution in [0.15, 0.2) is 23.8 Å². The molecule has 1 heterocycles. The first-order chi connectivity index (χ1) is 12.5. The molecule has 0 aromatic carbocycles. The summed E-state index contributed by atoms with van der Waals surface area (Å²) in [7, 11) is 0. The van der Waals surface area contributed by atoms with Crippen molar-refractivity contribution < 1.29 is 14.6 Å². The number of ether oxygens (including phenoxy) is 1. The van der Waals surface area contributed by atoms with E-state index in [1.807, 2.05) is 39.8 Å². The minimum Gasteiger partial charge on any atom is -0.458 e. The van der Waals surface area contributed by atoms with Crippen LogP contribution in [0.2, 0.25) is 0 Å². The molecule has 1 aliphatic heterocycles. The number of cyclic esters (lactones) is 1. The van der Waals surface area contributed by atoms with Gasteiger partial charge in [0, 0.05) is 6.61 Å². The van der Waals surface area contributed by atoms with Crippen LogP contribution < -0.4 is 0 Å². The molecular weight excluding hydrogens is 324 g/mol. The Labute approximate surface area is 160 Å². The average molecular weight is 365 g/mol. The highest BCUT2D eigenvalue weighted by Crippen LogP contribution is 2.54. The first-order valence-electron chi connectivity index (χ1n) is 10.7. The molecule has 3 nitrogen and oxygen atoms in total. The first-order valence-corrected chi connectivity index (χ1v) is 10.7. The lowest BCUT2D eigenvalue weighted by atomic mass is 9.53. The molecule has 0 radical (unpaired) electrons. The smallest absolute Gasteiger partial charge is 0.338 e. The summed E-state index contributed by atoms with van der Waals surface area (Å²) in [6.45, 7) is 13.3. The minimum absolute atomic E-state index is 0.0840. The van der Waals surface area contributed by atoms with Crippen molar-refractivity contribution in [2.45, 2.75) is 73.6 Å². The van der Waals surface area contributed by atoms with Crippen LogP contribution in [-0.2, 0) is 9.53 Å². The molecule has 2 aliphatic carbocycles. The Morgan fingerprint density at radius 3 is 2.50 bits per heavy atom. The summed E-state index contributed by atoms with van der Waals surface area (Å²) in [5.74, 6) is 2.22. The van der Waals surface area contributed by atoms with Crippen molar-refractivity contribution in [3.8, 4) is 0 Å². The molecule has 5 atom stereocenters. The highest BCUT2D eigenvalue weighted by Gasteiger charge is 2.47. The van der Waals surface area contributed by atoms with Crippen molar-refractivity contribution in [2.75, 3.05) is 13.2 Å². The molecule has 0 aromatic rings. The van der Waals surface area contributed by atoms with Gasteiger partial charge in [-0.1, -0.05) is 60.1 Å². The van der Waals surface area contributed by atoms with Gasteiger partial charge in [-0.15, -0.1) is 0 Å². The van der Waals surface area contributed by atoms with E-state index in [1.54, 1.807) is 0 Å². The number of esters is 1. The highest BCUT2D eigenvalue weighted by molar-refractivity contribution is 5.93. The molecule has 0 saturated heterocycles. The maximum Gasteiger partial charge on any atom is 0.338 e. The normalized spacial score (nSPS) is 36.1. The Morgan fingerprint density at radius 2 is 1.92 bits per heavy atom. The fraction of sp³-hybridized carbons (Fsp3) is 0.783. The van der Waals surface area contributed by atoms with Gasteiger partial charge in [-0.3, -0.25) is 0 Å². The Bertz CT molecular complexity index is 494. The number of fused-ring (bicyclic) bond motifs is 1. The third-order valence-electron chi connectivity index (χ3n) is 6.39. The summed E-state index contributed by atoms with van der Waals surface area (Å²) in [4.78, 5) is 11.6. The van der Waals surface area contributed by atoms with Gasteiger partial charge in [0.25, 0.3) is 0 Å². The Balaban J connectivity index is 0.000000791. The number of hydrogen-bond donors (Lipinski definition) is 1. The lowest BCUT2D eigenvalue weighted by Gasteiger charge is -2.52. The standard InChI is InChI=1S/C19H28O3.2C2H6/c1-13-5-8-17-16(4-3-10-19(17,2)12-20)15(13)7-6-14-9-11-22-18(14)21;2*1-2/h6-7,9,13,15-17,20H,3-5,8,10-12H2,1-2H3;2*1-2H3/b7-6+;;/t13?,15?,16?,17?,19-;;/m0../s1. The number of allylic oxidation sites excluding steroid dienone is 1. The third-order valence-corrected chi connectivity index (χ3v) is 6.39. The zero-order valence-electron chi connectivity index (χ0n) is 17.8. The molecule has 3 heteroatoms. The molecule has 2 fully saturated rings. The molecule has 0 aromatic heterocycles. The Morgan fingerprint density at radius 1 is 1.23 bits per heavy atom. The lowest BCUT2D eigenvalue weighted by molar-refractivity contribution is -0.135. The quantitative estimate of drug-likeness (QED) is 0.669. The molecule has 0 amide bonds. The molecule has 26 heavy (non-hydrogen) atoms. The van der Waals surface area contributed by atoms with Crippen LogP contribution in [0, 0.1) is 29.1 Å². The van der Waals surface area contributed by atoms with Crippen molar-refractivity contribution in [3.05, 3.63) is 23.8 Å². The van der Waals surface area contributed by atoms with Gasteiger partial charge in [0.05, 0.1) is 5.57 Å². The van der Waals surface area contributed by atoms with Crippen LogP contribution in [0.1, 0.15) is 73.6 Å². The molecule has 0 bridgehead atoms. The second-order valence-electron chi connectivity index (χ2n) is 7.72. The largest absolute Gasteiger partial charge is 0.458 e. The van der Waals surface area contributed by atoms with E-state index in [0.717, 1.165) is 6.42 Å². The molecule has 2 saturated carbocycles. The maximum atomic E-state index is 11.6. The topological polar surface area (TPSA) is 46.5 Å². The second kappa shape index (κ2) is 10.9. The van der Waals surface area contributed by atoms with E-state index in [1.165, 1.54) is 25.7 Å². The van der Waals surface area contributed by atoms with Gasteiger partial charge in [0.2, 0.25) is 0 Å². The molecule has 1 N–H and O–H groups in total. The number of aliphatic hydroxyl groups is 1. The number of carbonyl (C=O) groups is 1. The lowest BCUT2D eigenvalue weighted by Crippen LogP contribution is -2.46. The number of hydrogen-bond acceptors (Lipinski definition) is 3. The fourth-order valence-electron chi connectivity index (χ4n) is 4.98. The summed E-state index contributed by atoms with van der Waals surface area (Å²) in [6, 6.07) is 0. The number of rotatable bonds is 3. The van der Waals surface area contributed by atoms with Crippen LogP contribution in [0.25, 0.3) is 0 Å². The van der Waals surface area contributed by atoms with E-state index in [-0.39, 0.29) is 11.4 Å². The van der Waals surface area contributed by atoms with E-state index >= 15 is 0 Å². The fourth-order valence-corrected chi connectivity index (χ4v) is 4.98. The highest BCUT2D eigenvalue weighted by atomic mass is 16.5. The zero-order chi connectivity index (χ0) is 19.7. The SMILES string of the molecule is CC.CC.CC1CCC2C(CCC[C@@]2(C)CO)C1/C=C/C1=CCOC1=O. The summed E-state index contributed by atoms with van der Waals surface area (Å²) in [5, 5.41) is 9.89. The summed E-state index contributed by atoms with van der Waals surface area (Å²) in [6.07, 6.45) is 12.2. The van der Waals surface area contributed by atoms with Crippen molar-refractivity contribution in [1.29, 1.82) is 0 Å². The van der Waals surface area contributed by atoms with E-state index < -0.39 is 0 Å². The van der Waals surface area contributed by atoms with Crippen LogP contribution in [-0.4, -0.2) is 24.3 Å². The monoisotopic (exact) mass is 364 g/mol. The third kappa shape index (κ3) is 5.00. The minimum atomic E-state index is -0.194. The molecule has 0 spiro atoms. The van der Waals surface area contributed by atoms with E-state index in [9.17, 15) is 9.90 Å². The van der Waals surface area contributed by atoms with E-state index in [2.05, 4.69) is 19.9 Å². The van der Waals surface area contributed by atoms with Gasteiger partial charge in [0.1, 0.15) is 6.61 Å². The van der Waals surface area contributed by atoms with Gasteiger partial charge >= 0.3 is 5.97 Å². The summed E-state index contributed by atoms with van der Waals surface area (Å²) in [5.41, 5.74) is 0.788.